The molecule has 1 amide bonds. The molecule has 3 fully saturated rings. The molecule has 1 atom stereocenters. The van der Waals surface area contributed by atoms with Gasteiger partial charge in [0.1, 0.15) is 11.6 Å². The number of aliphatic hydroxyl groups is 1. The highest BCUT2D eigenvalue weighted by Gasteiger charge is 2.48. The maximum atomic E-state index is 13.0. The van der Waals surface area contributed by atoms with E-state index in [0.717, 1.165) is 63.3 Å². The molecular weight excluding hydrogens is 364 g/mol. The van der Waals surface area contributed by atoms with Gasteiger partial charge in [0.05, 0.1) is 11.8 Å². The minimum Gasteiger partial charge on any atom is -0.389 e. The average Bonchev–Trinajstić information content (AvgIpc) is 2.94. The van der Waals surface area contributed by atoms with Gasteiger partial charge in [-0.3, -0.25) is 4.79 Å². The van der Waals surface area contributed by atoms with Crippen LogP contribution in [0.4, 0.5) is 5.82 Å². The molecule has 1 N–H and O–H groups in total. The normalized spacial score (nSPS) is 27.7. The lowest BCUT2D eigenvalue weighted by Gasteiger charge is -2.43. The summed E-state index contributed by atoms with van der Waals surface area (Å²) in [6, 6.07) is 0. The first-order valence-electron chi connectivity index (χ1n) is 11.4. The number of anilines is 1. The number of aliphatic hydroxyl groups excluding tert-OH is 1. The van der Waals surface area contributed by atoms with Gasteiger partial charge in [0.2, 0.25) is 5.91 Å². The zero-order valence-corrected chi connectivity index (χ0v) is 18.1. The van der Waals surface area contributed by atoms with Crippen LogP contribution >= 0.6 is 0 Å². The number of fused-ring (bicyclic) bond motifs is 2. The highest BCUT2D eigenvalue weighted by molar-refractivity contribution is 5.80. The summed E-state index contributed by atoms with van der Waals surface area (Å²) < 4.78 is 0. The van der Waals surface area contributed by atoms with Crippen molar-refractivity contribution in [2.75, 3.05) is 31.1 Å². The Bertz CT molecular complexity index is 823. The first-order chi connectivity index (χ1) is 13.8. The third-order valence-electron chi connectivity index (χ3n) is 7.52. The van der Waals surface area contributed by atoms with Crippen molar-refractivity contribution in [2.24, 2.45) is 5.92 Å². The average molecular weight is 399 g/mol. The lowest BCUT2D eigenvalue weighted by Crippen LogP contribution is -2.52. The van der Waals surface area contributed by atoms with Gasteiger partial charge < -0.3 is 14.9 Å². The second-order valence-corrected chi connectivity index (χ2v) is 10.8. The van der Waals surface area contributed by atoms with Gasteiger partial charge in [0, 0.05) is 48.5 Å². The number of β-amino-alcohol motifs (C(OH)–C–C–N with tert-alkyl or cyclic N) is 1. The van der Waals surface area contributed by atoms with Crippen molar-refractivity contribution >= 4 is 11.7 Å². The van der Waals surface area contributed by atoms with Crippen LogP contribution in [0.3, 0.4) is 0 Å². The number of piperidine rings is 1. The van der Waals surface area contributed by atoms with E-state index in [1.807, 2.05) is 0 Å². The van der Waals surface area contributed by atoms with Gasteiger partial charge >= 0.3 is 0 Å². The standard InChI is InChI=1S/C23H34N4O2/c1-22(2,3)21-24-18-17(19(25-21)27-12-16(28)13-27)8-10-23(18)9-5-11-26(14-23)20(29)15-6-4-7-15/h15-16,28H,4-14H2,1-3H3. The molecule has 1 aromatic rings. The van der Waals surface area contributed by atoms with Gasteiger partial charge in [-0.1, -0.05) is 27.2 Å². The summed E-state index contributed by atoms with van der Waals surface area (Å²) in [5.74, 6) is 2.56. The molecule has 0 radical (unpaired) electrons. The third kappa shape index (κ3) is 3.15. The molecule has 1 unspecified atom stereocenters. The Labute approximate surface area is 173 Å². The van der Waals surface area contributed by atoms with Crippen molar-refractivity contribution in [1.29, 1.82) is 0 Å². The molecule has 1 saturated carbocycles. The van der Waals surface area contributed by atoms with Crippen LogP contribution in [0, 0.1) is 5.92 Å². The largest absolute Gasteiger partial charge is 0.389 e. The highest BCUT2D eigenvalue weighted by Crippen LogP contribution is 2.48. The van der Waals surface area contributed by atoms with Crippen molar-refractivity contribution in [3.8, 4) is 0 Å². The van der Waals surface area contributed by atoms with E-state index in [0.29, 0.717) is 19.0 Å². The van der Waals surface area contributed by atoms with Crippen LogP contribution < -0.4 is 4.90 Å². The lowest BCUT2D eigenvalue weighted by molar-refractivity contribution is -0.140. The maximum Gasteiger partial charge on any atom is 0.225 e. The summed E-state index contributed by atoms with van der Waals surface area (Å²) in [5.41, 5.74) is 2.31. The zero-order valence-electron chi connectivity index (χ0n) is 18.1. The van der Waals surface area contributed by atoms with Crippen LogP contribution in [-0.4, -0.2) is 58.2 Å². The van der Waals surface area contributed by atoms with Crippen LogP contribution in [0.2, 0.25) is 0 Å². The fourth-order valence-corrected chi connectivity index (χ4v) is 5.48. The number of nitrogens with zero attached hydrogens (tertiary/aromatic N) is 4. The molecule has 2 aliphatic carbocycles. The van der Waals surface area contributed by atoms with Crippen LogP contribution in [0.25, 0.3) is 0 Å². The van der Waals surface area contributed by atoms with Crippen LogP contribution in [0.1, 0.15) is 76.4 Å². The van der Waals surface area contributed by atoms with Gasteiger partial charge in [-0.2, -0.15) is 0 Å². The number of rotatable bonds is 2. The molecule has 2 saturated heterocycles. The molecule has 2 aliphatic heterocycles. The highest BCUT2D eigenvalue weighted by atomic mass is 16.3. The van der Waals surface area contributed by atoms with Gasteiger partial charge in [0.15, 0.2) is 0 Å². The van der Waals surface area contributed by atoms with E-state index in [4.69, 9.17) is 9.97 Å². The Morgan fingerprint density at radius 2 is 1.90 bits per heavy atom. The molecule has 4 aliphatic rings. The summed E-state index contributed by atoms with van der Waals surface area (Å²) in [4.78, 5) is 27.5. The zero-order chi connectivity index (χ0) is 20.4. The molecule has 0 aromatic carbocycles. The Balaban J connectivity index is 1.52. The molecule has 6 heteroatoms. The predicted octanol–water partition coefficient (Wildman–Crippen LogP) is 2.56. The summed E-state index contributed by atoms with van der Waals surface area (Å²) >= 11 is 0. The van der Waals surface area contributed by atoms with Crippen molar-refractivity contribution in [2.45, 2.75) is 82.7 Å². The van der Waals surface area contributed by atoms with Crippen LogP contribution in [-0.2, 0) is 22.0 Å². The maximum absolute atomic E-state index is 13.0. The first kappa shape index (κ1) is 19.3. The number of hydrogen-bond acceptors (Lipinski definition) is 5. The van der Waals surface area contributed by atoms with Crippen LogP contribution in [0.15, 0.2) is 0 Å². The van der Waals surface area contributed by atoms with Crippen LogP contribution in [0.5, 0.6) is 0 Å². The first-order valence-corrected chi connectivity index (χ1v) is 11.4. The number of hydrogen-bond donors (Lipinski definition) is 1. The molecule has 3 heterocycles. The summed E-state index contributed by atoms with van der Waals surface area (Å²) in [6.07, 6.45) is 7.29. The number of aromatic nitrogens is 2. The Kier molecular flexibility index (Phi) is 4.43. The number of carbonyl (C=O) groups excluding carboxylic acids is 1. The van der Waals surface area contributed by atoms with Crippen molar-refractivity contribution in [1.82, 2.24) is 14.9 Å². The minimum atomic E-state index is -0.251. The Morgan fingerprint density at radius 1 is 1.14 bits per heavy atom. The minimum absolute atomic E-state index is 0.0197. The summed E-state index contributed by atoms with van der Waals surface area (Å²) in [5, 5.41) is 9.85. The molecule has 0 bridgehead atoms. The second kappa shape index (κ2) is 6.66. The van der Waals surface area contributed by atoms with Crippen molar-refractivity contribution in [3.63, 3.8) is 0 Å². The fraction of sp³-hybridized carbons (Fsp3) is 0.783. The smallest absolute Gasteiger partial charge is 0.225 e. The second-order valence-electron chi connectivity index (χ2n) is 10.8. The molecule has 6 nitrogen and oxygen atoms in total. The van der Waals surface area contributed by atoms with Crippen molar-refractivity contribution < 1.29 is 9.90 Å². The molecule has 1 aromatic heterocycles. The lowest BCUT2D eigenvalue weighted by atomic mass is 9.76. The van der Waals surface area contributed by atoms with Gasteiger partial charge in [0.25, 0.3) is 0 Å². The predicted molar refractivity (Wildman–Crippen MR) is 112 cm³/mol. The van der Waals surface area contributed by atoms with E-state index in [1.165, 1.54) is 17.7 Å². The Morgan fingerprint density at radius 3 is 2.52 bits per heavy atom. The van der Waals surface area contributed by atoms with E-state index >= 15 is 0 Å². The molecule has 29 heavy (non-hydrogen) atoms. The number of amides is 1. The van der Waals surface area contributed by atoms with Gasteiger partial charge in [-0.05, 0) is 38.5 Å². The number of likely N-dealkylation sites (tertiary alicyclic amines) is 1. The molecular formula is C23H34N4O2. The van der Waals surface area contributed by atoms with Gasteiger partial charge in [-0.25, -0.2) is 9.97 Å². The third-order valence-corrected chi connectivity index (χ3v) is 7.52. The molecule has 158 valence electrons. The van der Waals surface area contributed by atoms with Crippen molar-refractivity contribution in [3.05, 3.63) is 17.1 Å². The van der Waals surface area contributed by atoms with E-state index in [9.17, 15) is 9.90 Å². The van der Waals surface area contributed by atoms with E-state index in [1.54, 1.807) is 0 Å². The topological polar surface area (TPSA) is 69.6 Å². The Hall–Kier alpha value is -1.69. The monoisotopic (exact) mass is 398 g/mol. The summed E-state index contributed by atoms with van der Waals surface area (Å²) in [6.45, 7) is 9.53. The van der Waals surface area contributed by atoms with E-state index < -0.39 is 0 Å². The quantitative estimate of drug-likeness (QED) is 0.829. The SMILES string of the molecule is CC(C)(C)c1nc(N2CC(O)C2)c2c(n1)C1(CCCN(C(=O)C3CCC3)C1)CC2. The fourth-order valence-electron chi connectivity index (χ4n) is 5.48. The summed E-state index contributed by atoms with van der Waals surface area (Å²) in [7, 11) is 0. The molecule has 1 spiro atoms. The number of carbonyl (C=O) groups is 1. The van der Waals surface area contributed by atoms with E-state index in [2.05, 4.69) is 30.6 Å². The van der Waals surface area contributed by atoms with Gasteiger partial charge in [-0.15, -0.1) is 0 Å². The molecule has 5 rings (SSSR count). The van der Waals surface area contributed by atoms with E-state index in [-0.39, 0.29) is 22.9 Å².